The van der Waals surface area contributed by atoms with Crippen LogP contribution >= 0.6 is 11.6 Å². The number of halogens is 2. The maximum atomic E-state index is 12.8. The van der Waals surface area contributed by atoms with E-state index in [2.05, 4.69) is 10.1 Å². The standard InChI is InChI=1S/C17H15ClFN3O2/c18-16-4-2-1-3-15(16)17-20-11-21-22(17)9-13(23)10-24-14-7-5-12(19)6-8-14/h1-8,11,13,23H,9-10H2. The van der Waals surface area contributed by atoms with Gasteiger partial charge in [-0.05, 0) is 36.4 Å². The van der Waals surface area contributed by atoms with Gasteiger partial charge in [-0.2, -0.15) is 5.10 Å². The third-order valence-corrected chi connectivity index (χ3v) is 3.70. The first-order valence-corrected chi connectivity index (χ1v) is 7.70. The van der Waals surface area contributed by atoms with Crippen LogP contribution in [0.25, 0.3) is 11.4 Å². The first-order valence-electron chi connectivity index (χ1n) is 7.32. The van der Waals surface area contributed by atoms with Crippen molar-refractivity contribution >= 4 is 11.6 Å². The molecule has 1 N–H and O–H groups in total. The predicted molar refractivity (Wildman–Crippen MR) is 88.4 cm³/mol. The summed E-state index contributed by atoms with van der Waals surface area (Å²) in [6.07, 6.45) is 0.602. The van der Waals surface area contributed by atoms with E-state index in [1.165, 1.54) is 30.6 Å². The van der Waals surface area contributed by atoms with Gasteiger partial charge in [0.2, 0.25) is 0 Å². The summed E-state index contributed by atoms with van der Waals surface area (Å²) in [5.41, 5.74) is 0.739. The van der Waals surface area contributed by atoms with Crippen LogP contribution in [-0.2, 0) is 6.54 Å². The van der Waals surface area contributed by atoms with Gasteiger partial charge in [0.15, 0.2) is 5.82 Å². The van der Waals surface area contributed by atoms with Crippen LogP contribution < -0.4 is 4.74 Å². The fraction of sp³-hybridized carbons (Fsp3) is 0.176. The zero-order valence-electron chi connectivity index (χ0n) is 12.6. The van der Waals surface area contributed by atoms with Gasteiger partial charge in [-0.1, -0.05) is 23.7 Å². The summed E-state index contributed by atoms with van der Waals surface area (Å²) in [7, 11) is 0. The Morgan fingerprint density at radius 1 is 1.17 bits per heavy atom. The lowest BCUT2D eigenvalue weighted by atomic mass is 10.2. The minimum Gasteiger partial charge on any atom is -0.491 e. The predicted octanol–water partition coefficient (Wildman–Crippen LogP) is 3.18. The molecular weight excluding hydrogens is 333 g/mol. The number of aliphatic hydroxyl groups excluding tert-OH is 1. The lowest BCUT2D eigenvalue weighted by molar-refractivity contribution is 0.0897. The lowest BCUT2D eigenvalue weighted by Gasteiger charge is -2.14. The van der Waals surface area contributed by atoms with Gasteiger partial charge in [-0.15, -0.1) is 0 Å². The summed E-state index contributed by atoms with van der Waals surface area (Å²) in [6.45, 7) is 0.245. The monoisotopic (exact) mass is 347 g/mol. The second-order valence-electron chi connectivity index (χ2n) is 5.16. The van der Waals surface area contributed by atoms with Gasteiger partial charge in [0, 0.05) is 5.56 Å². The summed E-state index contributed by atoms with van der Waals surface area (Å²) < 4.78 is 19.8. The van der Waals surface area contributed by atoms with Crippen LogP contribution in [0, 0.1) is 5.82 Å². The number of hydrogen-bond donors (Lipinski definition) is 1. The first kappa shape index (κ1) is 16.4. The zero-order valence-corrected chi connectivity index (χ0v) is 13.4. The first-order chi connectivity index (χ1) is 11.6. The number of aromatic nitrogens is 3. The van der Waals surface area contributed by atoms with Crippen molar-refractivity contribution in [2.75, 3.05) is 6.61 Å². The van der Waals surface area contributed by atoms with Gasteiger partial charge in [0.05, 0.1) is 11.6 Å². The molecule has 1 unspecified atom stereocenters. The fourth-order valence-corrected chi connectivity index (χ4v) is 2.44. The minimum atomic E-state index is -0.807. The van der Waals surface area contributed by atoms with E-state index in [4.69, 9.17) is 16.3 Å². The van der Waals surface area contributed by atoms with Crippen molar-refractivity contribution in [1.29, 1.82) is 0 Å². The Balaban J connectivity index is 1.65. The molecule has 0 aliphatic rings. The molecule has 0 saturated heterocycles. The topological polar surface area (TPSA) is 60.2 Å². The molecule has 0 amide bonds. The number of hydrogen-bond acceptors (Lipinski definition) is 4. The Morgan fingerprint density at radius 3 is 2.67 bits per heavy atom. The van der Waals surface area contributed by atoms with Crippen molar-refractivity contribution in [2.45, 2.75) is 12.6 Å². The van der Waals surface area contributed by atoms with E-state index < -0.39 is 6.10 Å². The van der Waals surface area contributed by atoms with E-state index in [0.717, 1.165) is 5.56 Å². The van der Waals surface area contributed by atoms with Gasteiger partial charge in [-0.25, -0.2) is 14.1 Å². The highest BCUT2D eigenvalue weighted by Crippen LogP contribution is 2.25. The number of benzene rings is 2. The van der Waals surface area contributed by atoms with Gasteiger partial charge >= 0.3 is 0 Å². The molecule has 0 aliphatic heterocycles. The third kappa shape index (κ3) is 3.90. The molecule has 2 aromatic carbocycles. The molecule has 124 valence electrons. The molecule has 0 fully saturated rings. The Kier molecular flexibility index (Phi) is 5.08. The molecule has 3 rings (SSSR count). The summed E-state index contributed by atoms with van der Waals surface area (Å²) in [6, 6.07) is 12.9. The van der Waals surface area contributed by atoms with E-state index in [-0.39, 0.29) is 19.0 Å². The van der Waals surface area contributed by atoms with E-state index in [1.807, 2.05) is 18.2 Å². The second kappa shape index (κ2) is 7.42. The maximum absolute atomic E-state index is 12.8. The van der Waals surface area contributed by atoms with Crippen molar-refractivity contribution < 1.29 is 14.2 Å². The molecule has 0 bridgehead atoms. The van der Waals surface area contributed by atoms with Crippen LogP contribution in [0.4, 0.5) is 4.39 Å². The van der Waals surface area contributed by atoms with Crippen molar-refractivity contribution in [3.63, 3.8) is 0 Å². The summed E-state index contributed by atoms with van der Waals surface area (Å²) >= 11 is 6.18. The molecule has 0 saturated carbocycles. The van der Waals surface area contributed by atoms with E-state index >= 15 is 0 Å². The summed E-state index contributed by atoms with van der Waals surface area (Å²) in [4.78, 5) is 4.20. The van der Waals surface area contributed by atoms with Crippen LogP contribution in [0.1, 0.15) is 0 Å². The van der Waals surface area contributed by atoms with Gasteiger partial charge in [-0.3, -0.25) is 0 Å². The van der Waals surface area contributed by atoms with Crippen LogP contribution in [0.5, 0.6) is 5.75 Å². The summed E-state index contributed by atoms with van der Waals surface area (Å²) in [5.74, 6) is 0.719. The molecule has 1 heterocycles. The van der Waals surface area contributed by atoms with Crippen molar-refractivity contribution in [3.05, 3.63) is 65.7 Å². The highest BCUT2D eigenvalue weighted by atomic mass is 35.5. The van der Waals surface area contributed by atoms with Crippen LogP contribution in [0.3, 0.4) is 0 Å². The van der Waals surface area contributed by atoms with Gasteiger partial charge < -0.3 is 9.84 Å². The van der Waals surface area contributed by atoms with Crippen LogP contribution in [0.15, 0.2) is 54.9 Å². The molecular formula is C17H15ClFN3O2. The van der Waals surface area contributed by atoms with Gasteiger partial charge in [0.1, 0.15) is 30.6 Å². The number of ether oxygens (including phenoxy) is 1. The highest BCUT2D eigenvalue weighted by molar-refractivity contribution is 6.33. The molecule has 0 radical (unpaired) electrons. The highest BCUT2D eigenvalue weighted by Gasteiger charge is 2.14. The molecule has 3 aromatic rings. The molecule has 7 heteroatoms. The second-order valence-corrected chi connectivity index (χ2v) is 5.57. The largest absolute Gasteiger partial charge is 0.491 e. The normalized spacial score (nSPS) is 12.1. The molecule has 1 atom stereocenters. The van der Waals surface area contributed by atoms with E-state index in [9.17, 15) is 9.50 Å². The molecule has 0 spiro atoms. The quantitative estimate of drug-likeness (QED) is 0.744. The molecule has 0 aliphatic carbocycles. The maximum Gasteiger partial charge on any atom is 0.159 e. The summed E-state index contributed by atoms with van der Waals surface area (Å²) in [5, 5.41) is 14.8. The average Bonchev–Trinajstić information content (AvgIpc) is 3.02. The van der Waals surface area contributed by atoms with E-state index in [0.29, 0.717) is 16.6 Å². The van der Waals surface area contributed by atoms with Crippen LogP contribution in [-0.4, -0.2) is 32.6 Å². The Bertz CT molecular complexity index is 808. The SMILES string of the molecule is OC(COc1ccc(F)cc1)Cn1ncnc1-c1ccccc1Cl. The van der Waals surface area contributed by atoms with Gasteiger partial charge in [0.25, 0.3) is 0 Å². The smallest absolute Gasteiger partial charge is 0.159 e. The fourth-order valence-electron chi connectivity index (χ4n) is 2.22. The number of rotatable bonds is 6. The molecule has 24 heavy (non-hydrogen) atoms. The van der Waals surface area contributed by atoms with Crippen molar-refractivity contribution in [1.82, 2.24) is 14.8 Å². The third-order valence-electron chi connectivity index (χ3n) is 3.37. The average molecular weight is 348 g/mol. The van der Waals surface area contributed by atoms with Crippen molar-refractivity contribution in [2.24, 2.45) is 0 Å². The van der Waals surface area contributed by atoms with Crippen molar-refractivity contribution in [3.8, 4) is 17.1 Å². The number of nitrogens with zero attached hydrogens (tertiary/aromatic N) is 3. The van der Waals surface area contributed by atoms with E-state index in [1.54, 1.807) is 10.7 Å². The Morgan fingerprint density at radius 2 is 1.92 bits per heavy atom. The Hall–Kier alpha value is -2.44. The molecule has 1 aromatic heterocycles. The lowest BCUT2D eigenvalue weighted by Crippen LogP contribution is -2.24. The number of aliphatic hydroxyl groups is 1. The zero-order chi connectivity index (χ0) is 16.9. The van der Waals surface area contributed by atoms with Crippen LogP contribution in [0.2, 0.25) is 5.02 Å². The molecule has 5 nitrogen and oxygen atoms in total. The minimum absolute atomic E-state index is 0.0491. The Labute approximate surface area is 143 Å².